The first kappa shape index (κ1) is 27.6. The highest BCUT2D eigenvalue weighted by molar-refractivity contribution is 7.98. The van der Waals surface area contributed by atoms with Crippen LogP contribution in [0.25, 0.3) is 5.69 Å². The fraction of sp³-hybridized carbons (Fsp3) is 0.160. The molecule has 0 bridgehead atoms. The second-order valence-corrected chi connectivity index (χ2v) is 9.64. The summed E-state index contributed by atoms with van der Waals surface area (Å²) in [5, 5.41) is 14.8. The maximum atomic E-state index is 13.0. The number of amides is 2. The number of nitrogens with zero attached hydrogens (tertiary/aromatic N) is 3. The number of hydrogen-bond donors (Lipinski definition) is 2. The second kappa shape index (κ2) is 12.0. The third-order valence-electron chi connectivity index (χ3n) is 5.21. The number of urea groups is 1. The molecule has 0 unspecified atom stereocenters. The van der Waals surface area contributed by atoms with Crippen molar-refractivity contribution in [1.29, 1.82) is 0 Å². The van der Waals surface area contributed by atoms with Gasteiger partial charge in [0.15, 0.2) is 11.0 Å². The molecule has 0 atom stereocenters. The summed E-state index contributed by atoms with van der Waals surface area (Å²) in [5.74, 6) is 1.62. The van der Waals surface area contributed by atoms with Gasteiger partial charge < -0.3 is 15.4 Å². The molecule has 4 aromatic rings. The van der Waals surface area contributed by atoms with E-state index >= 15 is 0 Å². The normalized spacial score (nSPS) is 11.3. The molecule has 0 aliphatic heterocycles. The van der Waals surface area contributed by atoms with Gasteiger partial charge in [-0.3, -0.25) is 4.57 Å². The molecule has 0 saturated heterocycles. The van der Waals surface area contributed by atoms with Crippen LogP contribution in [0.4, 0.5) is 23.7 Å². The van der Waals surface area contributed by atoms with Gasteiger partial charge in [-0.15, -0.1) is 10.2 Å². The zero-order valence-corrected chi connectivity index (χ0v) is 22.0. The Kier molecular flexibility index (Phi) is 8.70. The third-order valence-corrected chi connectivity index (χ3v) is 6.75. The van der Waals surface area contributed by atoms with Gasteiger partial charge in [0.25, 0.3) is 0 Å². The van der Waals surface area contributed by atoms with E-state index in [0.29, 0.717) is 32.5 Å². The number of aromatic nitrogens is 3. The van der Waals surface area contributed by atoms with Crippen molar-refractivity contribution in [2.45, 2.75) is 23.6 Å². The highest BCUT2D eigenvalue weighted by atomic mass is 35.5. The molecular weight excluding hydrogens is 562 g/mol. The van der Waals surface area contributed by atoms with Crippen molar-refractivity contribution in [3.05, 3.63) is 93.7 Å². The molecule has 1 aromatic heterocycles. The number of methoxy groups -OCH3 is 1. The summed E-state index contributed by atoms with van der Waals surface area (Å²) in [5.41, 5.74) is 0.662. The third kappa shape index (κ3) is 6.91. The largest absolute Gasteiger partial charge is 0.497 e. The van der Waals surface area contributed by atoms with Crippen molar-refractivity contribution in [2.75, 3.05) is 12.4 Å². The number of carbonyl (C=O) groups is 1. The van der Waals surface area contributed by atoms with Gasteiger partial charge in [0.1, 0.15) is 5.75 Å². The van der Waals surface area contributed by atoms with Crippen LogP contribution in [-0.4, -0.2) is 27.9 Å². The van der Waals surface area contributed by atoms with Crippen LogP contribution in [0.1, 0.15) is 17.0 Å². The molecule has 2 amide bonds. The van der Waals surface area contributed by atoms with E-state index in [1.807, 2.05) is 24.3 Å². The zero-order valence-electron chi connectivity index (χ0n) is 19.7. The first-order chi connectivity index (χ1) is 18.1. The average Bonchev–Trinajstić information content (AvgIpc) is 3.28. The van der Waals surface area contributed by atoms with E-state index in [2.05, 4.69) is 20.8 Å². The molecule has 2 N–H and O–H groups in total. The van der Waals surface area contributed by atoms with Gasteiger partial charge >= 0.3 is 12.2 Å². The number of rotatable bonds is 8. The molecule has 7 nitrogen and oxygen atoms in total. The molecule has 38 heavy (non-hydrogen) atoms. The Morgan fingerprint density at radius 1 is 1.05 bits per heavy atom. The molecule has 0 saturated carbocycles. The summed E-state index contributed by atoms with van der Waals surface area (Å²) in [6, 6.07) is 16.2. The van der Waals surface area contributed by atoms with E-state index in [9.17, 15) is 18.0 Å². The Labute approximate surface area is 230 Å². The lowest BCUT2D eigenvalue weighted by atomic mass is 10.2. The molecule has 198 valence electrons. The van der Waals surface area contributed by atoms with Crippen molar-refractivity contribution < 1.29 is 22.7 Å². The Bertz CT molecular complexity index is 1450. The Morgan fingerprint density at radius 2 is 1.84 bits per heavy atom. The van der Waals surface area contributed by atoms with Gasteiger partial charge in [-0.25, -0.2) is 4.79 Å². The standard InChI is InChI=1S/C25H20Cl2F3N5O2S/c1-37-19-7-2-4-15(10-19)14-38-24-34-33-22(35(24)21-9-8-17(26)12-20(21)27)13-31-23(36)32-18-6-3-5-16(11-18)25(28,29)30/h2-12H,13-14H2,1H3,(H2,31,32,36). The molecular formula is C25H20Cl2F3N5O2S. The molecule has 0 fully saturated rings. The number of hydrogen-bond acceptors (Lipinski definition) is 5. The van der Waals surface area contributed by atoms with Crippen molar-refractivity contribution in [3.63, 3.8) is 0 Å². The topological polar surface area (TPSA) is 81.1 Å². The van der Waals surface area contributed by atoms with Crippen LogP contribution in [0.5, 0.6) is 5.75 Å². The molecule has 13 heteroatoms. The summed E-state index contributed by atoms with van der Waals surface area (Å²) in [6.07, 6.45) is -4.53. The molecule has 0 spiro atoms. The Morgan fingerprint density at radius 3 is 2.58 bits per heavy atom. The van der Waals surface area contributed by atoms with Crippen LogP contribution in [0, 0.1) is 0 Å². The number of anilines is 1. The monoisotopic (exact) mass is 581 g/mol. The predicted molar refractivity (Wildman–Crippen MR) is 141 cm³/mol. The molecule has 0 aliphatic rings. The Hall–Kier alpha value is -3.41. The molecule has 1 heterocycles. The number of halogens is 5. The quantitative estimate of drug-likeness (QED) is 0.215. The van der Waals surface area contributed by atoms with E-state index in [1.165, 1.54) is 23.9 Å². The van der Waals surface area contributed by atoms with Crippen LogP contribution in [0.2, 0.25) is 10.0 Å². The van der Waals surface area contributed by atoms with Crippen LogP contribution >= 0.6 is 35.0 Å². The minimum Gasteiger partial charge on any atom is -0.497 e. The number of thioether (sulfide) groups is 1. The number of benzene rings is 3. The summed E-state index contributed by atoms with van der Waals surface area (Å²) in [4.78, 5) is 12.5. The van der Waals surface area contributed by atoms with Gasteiger partial charge in [-0.05, 0) is 54.1 Å². The molecule has 0 aliphatic carbocycles. The van der Waals surface area contributed by atoms with Gasteiger partial charge in [0.2, 0.25) is 0 Å². The van der Waals surface area contributed by atoms with E-state index in [1.54, 1.807) is 29.9 Å². The van der Waals surface area contributed by atoms with Gasteiger partial charge in [-0.1, -0.05) is 53.2 Å². The van der Waals surface area contributed by atoms with E-state index in [-0.39, 0.29) is 12.2 Å². The molecule has 3 aromatic carbocycles. The minimum atomic E-state index is -4.53. The van der Waals surface area contributed by atoms with Crippen molar-refractivity contribution >= 4 is 46.7 Å². The average molecular weight is 582 g/mol. The number of nitrogens with one attached hydrogen (secondary N) is 2. The lowest BCUT2D eigenvalue weighted by molar-refractivity contribution is -0.137. The summed E-state index contributed by atoms with van der Waals surface area (Å²) < 4.78 is 45.9. The van der Waals surface area contributed by atoms with Gasteiger partial charge in [0.05, 0.1) is 29.9 Å². The van der Waals surface area contributed by atoms with Crippen LogP contribution in [0.3, 0.4) is 0 Å². The first-order valence-corrected chi connectivity index (χ1v) is 12.8. The molecule has 0 radical (unpaired) electrons. The minimum absolute atomic E-state index is 0.00549. The molecule has 4 rings (SSSR count). The summed E-state index contributed by atoms with van der Waals surface area (Å²) >= 11 is 13.9. The Balaban J connectivity index is 1.53. The van der Waals surface area contributed by atoms with Crippen molar-refractivity contribution in [3.8, 4) is 11.4 Å². The van der Waals surface area contributed by atoms with E-state index < -0.39 is 17.8 Å². The lowest BCUT2D eigenvalue weighted by Crippen LogP contribution is -2.29. The van der Waals surface area contributed by atoms with E-state index in [4.69, 9.17) is 27.9 Å². The second-order valence-electron chi connectivity index (χ2n) is 7.86. The summed E-state index contributed by atoms with van der Waals surface area (Å²) in [7, 11) is 1.59. The lowest BCUT2D eigenvalue weighted by Gasteiger charge is -2.14. The maximum absolute atomic E-state index is 13.0. The smallest absolute Gasteiger partial charge is 0.416 e. The van der Waals surface area contributed by atoms with Crippen molar-refractivity contribution in [1.82, 2.24) is 20.1 Å². The van der Waals surface area contributed by atoms with Gasteiger partial charge in [0, 0.05) is 16.5 Å². The van der Waals surface area contributed by atoms with Crippen molar-refractivity contribution in [2.24, 2.45) is 0 Å². The van der Waals surface area contributed by atoms with Gasteiger partial charge in [-0.2, -0.15) is 13.2 Å². The number of alkyl halides is 3. The SMILES string of the molecule is COc1cccc(CSc2nnc(CNC(=O)Nc3cccc(C(F)(F)F)c3)n2-c2ccc(Cl)cc2Cl)c1. The van der Waals surface area contributed by atoms with Crippen LogP contribution in [-0.2, 0) is 18.5 Å². The number of carbonyl (C=O) groups excluding carboxylic acids is 1. The van der Waals surface area contributed by atoms with Crippen LogP contribution < -0.4 is 15.4 Å². The maximum Gasteiger partial charge on any atom is 0.416 e. The highest BCUT2D eigenvalue weighted by Crippen LogP contribution is 2.32. The zero-order chi connectivity index (χ0) is 27.3. The fourth-order valence-electron chi connectivity index (χ4n) is 3.43. The van der Waals surface area contributed by atoms with E-state index in [0.717, 1.165) is 23.4 Å². The summed E-state index contributed by atoms with van der Waals surface area (Å²) in [6.45, 7) is -0.0868. The highest BCUT2D eigenvalue weighted by Gasteiger charge is 2.30. The first-order valence-electron chi connectivity index (χ1n) is 11.0. The predicted octanol–water partition coefficient (Wildman–Crippen LogP) is 7.22. The number of ether oxygens (including phenoxy) is 1. The van der Waals surface area contributed by atoms with Crippen LogP contribution in [0.15, 0.2) is 71.9 Å². The fourth-order valence-corrected chi connectivity index (χ4v) is 4.83.